The van der Waals surface area contributed by atoms with Crippen molar-refractivity contribution in [3.05, 3.63) is 28.3 Å². The van der Waals surface area contributed by atoms with Crippen LogP contribution in [-0.4, -0.2) is 56.5 Å². The summed E-state index contributed by atoms with van der Waals surface area (Å²) in [7, 11) is -5.62. The molecule has 134 valence electrons. The molecule has 0 radical (unpaired) electrons. The number of nitro benzene ring substituents is 1. The summed E-state index contributed by atoms with van der Waals surface area (Å²) in [5.41, 5.74) is -6.03. The van der Waals surface area contributed by atoms with Gasteiger partial charge in [0, 0.05) is 32.2 Å². The lowest BCUT2D eigenvalue weighted by Gasteiger charge is -2.35. The van der Waals surface area contributed by atoms with E-state index in [2.05, 4.69) is 4.90 Å². The highest BCUT2D eigenvalue weighted by Gasteiger charge is 2.47. The molecule has 1 fully saturated rings. The maximum atomic E-state index is 12.6. The minimum atomic E-state index is -5.62. The number of sulfone groups is 1. The lowest BCUT2D eigenvalue weighted by atomic mass is 10.2. The van der Waals surface area contributed by atoms with E-state index in [4.69, 9.17) is 0 Å². The SMILES string of the molecule is CCN1CCN(c2ccc(S(=O)(=O)C(F)(F)F)cc2[N+](=O)[O-])CC1. The van der Waals surface area contributed by atoms with Crippen molar-refractivity contribution >= 4 is 21.2 Å². The van der Waals surface area contributed by atoms with E-state index in [-0.39, 0.29) is 5.69 Å². The Bertz CT molecular complexity index is 728. The van der Waals surface area contributed by atoms with Crippen molar-refractivity contribution in [2.45, 2.75) is 17.3 Å². The minimum Gasteiger partial charge on any atom is -0.363 e. The van der Waals surface area contributed by atoms with Crippen molar-refractivity contribution in [3.8, 4) is 0 Å². The molecule has 7 nitrogen and oxygen atoms in total. The van der Waals surface area contributed by atoms with Crippen LogP contribution >= 0.6 is 0 Å². The second-order valence-corrected chi connectivity index (χ2v) is 7.22. The molecule has 0 aliphatic carbocycles. The normalized spacial score (nSPS) is 17.1. The summed E-state index contributed by atoms with van der Waals surface area (Å²) in [5, 5.41) is 11.2. The van der Waals surface area contributed by atoms with E-state index in [9.17, 15) is 31.7 Å². The fourth-order valence-electron chi connectivity index (χ4n) is 2.52. The van der Waals surface area contributed by atoms with Crippen molar-refractivity contribution in [2.24, 2.45) is 0 Å². The molecule has 0 aromatic heterocycles. The molecule has 1 heterocycles. The van der Waals surface area contributed by atoms with Gasteiger partial charge in [-0.05, 0) is 18.7 Å². The van der Waals surface area contributed by atoms with Crippen LogP contribution in [-0.2, 0) is 9.84 Å². The van der Waals surface area contributed by atoms with Crippen molar-refractivity contribution in [3.63, 3.8) is 0 Å². The Balaban J connectivity index is 2.40. The van der Waals surface area contributed by atoms with Crippen LogP contribution in [0.2, 0.25) is 0 Å². The van der Waals surface area contributed by atoms with Gasteiger partial charge in [0.25, 0.3) is 15.5 Å². The predicted octanol–water partition coefficient (Wildman–Crippen LogP) is 2.03. The Labute approximate surface area is 136 Å². The first kappa shape index (κ1) is 18.5. The number of benzene rings is 1. The summed E-state index contributed by atoms with van der Waals surface area (Å²) in [6.07, 6.45) is 0. The maximum Gasteiger partial charge on any atom is 0.501 e. The van der Waals surface area contributed by atoms with Gasteiger partial charge >= 0.3 is 5.51 Å². The molecule has 0 saturated carbocycles. The topological polar surface area (TPSA) is 83.8 Å². The number of alkyl halides is 3. The Morgan fingerprint density at radius 3 is 2.25 bits per heavy atom. The average Bonchev–Trinajstić information content (AvgIpc) is 2.53. The first-order valence-corrected chi connectivity index (χ1v) is 8.63. The highest BCUT2D eigenvalue weighted by atomic mass is 32.2. The van der Waals surface area contributed by atoms with Crippen molar-refractivity contribution < 1.29 is 26.5 Å². The first-order valence-electron chi connectivity index (χ1n) is 7.15. The van der Waals surface area contributed by atoms with Gasteiger partial charge in [0.05, 0.1) is 9.82 Å². The maximum absolute atomic E-state index is 12.6. The van der Waals surface area contributed by atoms with Gasteiger partial charge in [-0.25, -0.2) is 8.42 Å². The van der Waals surface area contributed by atoms with Crippen LogP contribution in [0, 0.1) is 10.1 Å². The zero-order valence-corrected chi connectivity index (χ0v) is 13.6. The Morgan fingerprint density at radius 1 is 1.21 bits per heavy atom. The molecular weight excluding hydrogens is 351 g/mol. The molecular formula is C13H16F3N3O4S. The summed E-state index contributed by atoms with van der Waals surface area (Å²) >= 11 is 0. The summed E-state index contributed by atoms with van der Waals surface area (Å²) in [4.78, 5) is 13.0. The highest BCUT2D eigenvalue weighted by molar-refractivity contribution is 7.92. The van der Waals surface area contributed by atoms with Gasteiger partial charge in [0.15, 0.2) is 0 Å². The highest BCUT2D eigenvalue weighted by Crippen LogP contribution is 2.36. The van der Waals surface area contributed by atoms with E-state index in [1.165, 1.54) is 0 Å². The lowest BCUT2D eigenvalue weighted by Crippen LogP contribution is -2.46. The van der Waals surface area contributed by atoms with E-state index in [1.807, 2.05) is 6.92 Å². The number of rotatable bonds is 4. The fourth-order valence-corrected chi connectivity index (χ4v) is 3.30. The van der Waals surface area contributed by atoms with Crippen LogP contribution in [0.1, 0.15) is 6.92 Å². The number of hydrogen-bond acceptors (Lipinski definition) is 6. The number of nitrogens with zero attached hydrogens (tertiary/aromatic N) is 3. The Kier molecular flexibility index (Phi) is 5.04. The molecule has 0 unspecified atom stereocenters. The number of anilines is 1. The van der Waals surface area contributed by atoms with Gasteiger partial charge in [-0.2, -0.15) is 13.2 Å². The molecule has 11 heteroatoms. The smallest absolute Gasteiger partial charge is 0.363 e. The monoisotopic (exact) mass is 367 g/mol. The third-order valence-electron chi connectivity index (χ3n) is 3.92. The van der Waals surface area contributed by atoms with E-state index >= 15 is 0 Å². The minimum absolute atomic E-state index is 0.122. The number of halogens is 3. The third-order valence-corrected chi connectivity index (χ3v) is 5.40. The van der Waals surface area contributed by atoms with Crippen molar-refractivity contribution in [1.82, 2.24) is 4.90 Å². The number of piperazine rings is 1. The van der Waals surface area contributed by atoms with Gasteiger partial charge < -0.3 is 9.80 Å². The van der Waals surface area contributed by atoms with Crippen LogP contribution in [0.4, 0.5) is 24.5 Å². The lowest BCUT2D eigenvalue weighted by molar-refractivity contribution is -0.384. The summed E-state index contributed by atoms with van der Waals surface area (Å²) in [5.74, 6) is 0. The number of nitro groups is 1. The molecule has 0 atom stereocenters. The third kappa shape index (κ3) is 3.46. The van der Waals surface area contributed by atoms with Gasteiger partial charge in [-0.15, -0.1) is 0 Å². The van der Waals surface area contributed by atoms with Crippen LogP contribution in [0.15, 0.2) is 23.1 Å². The first-order chi connectivity index (χ1) is 11.1. The summed E-state index contributed by atoms with van der Waals surface area (Å²) in [6, 6.07) is 2.31. The van der Waals surface area contributed by atoms with Crippen LogP contribution in [0.3, 0.4) is 0 Å². The Morgan fingerprint density at radius 2 is 1.79 bits per heavy atom. The quantitative estimate of drug-likeness (QED) is 0.598. The molecule has 0 N–H and O–H groups in total. The second kappa shape index (κ2) is 6.55. The predicted molar refractivity (Wildman–Crippen MR) is 80.7 cm³/mol. The zero-order valence-electron chi connectivity index (χ0n) is 12.8. The molecule has 0 spiro atoms. The van der Waals surface area contributed by atoms with Gasteiger partial charge in [-0.1, -0.05) is 6.92 Å². The summed E-state index contributed by atoms with van der Waals surface area (Å²) < 4.78 is 60.7. The fraction of sp³-hybridized carbons (Fsp3) is 0.538. The van der Waals surface area contributed by atoms with Crippen LogP contribution in [0.25, 0.3) is 0 Å². The zero-order chi connectivity index (χ0) is 18.1. The second-order valence-electron chi connectivity index (χ2n) is 5.28. The van der Waals surface area contributed by atoms with E-state index < -0.39 is 30.9 Å². The van der Waals surface area contributed by atoms with Crippen LogP contribution < -0.4 is 4.90 Å². The number of hydrogen-bond donors (Lipinski definition) is 0. The van der Waals surface area contributed by atoms with Gasteiger partial charge in [0.2, 0.25) is 0 Å². The molecule has 1 aliphatic heterocycles. The van der Waals surface area contributed by atoms with Gasteiger partial charge in [0.1, 0.15) is 5.69 Å². The molecule has 1 aromatic rings. The molecule has 0 bridgehead atoms. The number of likely N-dealkylation sites (N-methyl/N-ethyl adjacent to an activating group) is 1. The van der Waals surface area contributed by atoms with Crippen molar-refractivity contribution in [2.75, 3.05) is 37.6 Å². The molecule has 0 amide bonds. The van der Waals surface area contributed by atoms with Gasteiger partial charge in [-0.3, -0.25) is 10.1 Å². The van der Waals surface area contributed by atoms with E-state index in [0.717, 1.165) is 18.7 Å². The average molecular weight is 367 g/mol. The molecule has 24 heavy (non-hydrogen) atoms. The Hall–Kier alpha value is -1.88. The van der Waals surface area contributed by atoms with Crippen LogP contribution in [0.5, 0.6) is 0 Å². The molecule has 1 aliphatic rings. The molecule has 2 rings (SSSR count). The molecule has 1 aromatic carbocycles. The molecule has 1 saturated heterocycles. The van der Waals surface area contributed by atoms with Crippen molar-refractivity contribution in [1.29, 1.82) is 0 Å². The standard InChI is InChI=1S/C13H16F3N3O4S/c1-2-17-5-7-18(8-6-17)11-4-3-10(9-12(11)19(20)21)24(22,23)13(14,15)16/h3-4,9H,2,5-8H2,1H3. The summed E-state index contributed by atoms with van der Waals surface area (Å²) in [6.45, 7) is 5.08. The van der Waals surface area contributed by atoms with E-state index in [1.54, 1.807) is 4.90 Å². The largest absolute Gasteiger partial charge is 0.501 e. The van der Waals surface area contributed by atoms with E-state index in [0.29, 0.717) is 32.2 Å².